The molecule has 2 aliphatic rings. The molecule has 170 valence electrons. The van der Waals surface area contributed by atoms with Crippen molar-refractivity contribution in [3.8, 4) is 5.75 Å². The zero-order valence-corrected chi connectivity index (χ0v) is 19.3. The van der Waals surface area contributed by atoms with Crippen LogP contribution in [-0.2, 0) is 19.6 Å². The first-order valence-corrected chi connectivity index (χ1v) is 12.0. The van der Waals surface area contributed by atoms with E-state index in [-0.39, 0.29) is 29.6 Å². The van der Waals surface area contributed by atoms with E-state index in [1.165, 1.54) is 22.5 Å². The Balaban J connectivity index is 1.61. The number of para-hydroxylation sites is 2. The highest BCUT2D eigenvalue weighted by Crippen LogP contribution is 2.34. The molecule has 1 fully saturated rings. The summed E-state index contributed by atoms with van der Waals surface area (Å²) in [7, 11) is -3.71. The van der Waals surface area contributed by atoms with Gasteiger partial charge in [0.2, 0.25) is 10.0 Å². The lowest BCUT2D eigenvalue weighted by Crippen LogP contribution is -2.50. The molecule has 4 rings (SSSR count). The monoisotopic (exact) mass is 496 g/mol. The van der Waals surface area contributed by atoms with Gasteiger partial charge in [-0.3, -0.25) is 4.79 Å². The van der Waals surface area contributed by atoms with Crippen molar-refractivity contribution in [1.82, 2.24) is 4.31 Å². The van der Waals surface area contributed by atoms with E-state index in [0.29, 0.717) is 35.4 Å². The number of thiocarbonyl (C=S) groups is 1. The summed E-state index contributed by atoms with van der Waals surface area (Å²) in [5.74, 6) is -0.162. The van der Waals surface area contributed by atoms with Gasteiger partial charge in [0, 0.05) is 13.1 Å². The summed E-state index contributed by atoms with van der Waals surface area (Å²) in [6.07, 6.45) is -0.895. The number of nitrogens with two attached hydrogens (primary N) is 1. The Morgan fingerprint density at radius 1 is 1.19 bits per heavy atom. The number of primary amides is 1. The van der Waals surface area contributed by atoms with E-state index in [9.17, 15) is 13.2 Å². The molecule has 0 radical (unpaired) electrons. The van der Waals surface area contributed by atoms with Gasteiger partial charge in [0.05, 0.1) is 41.1 Å². The van der Waals surface area contributed by atoms with Crippen molar-refractivity contribution in [3.63, 3.8) is 0 Å². The molecule has 0 saturated carbocycles. The highest BCUT2D eigenvalue weighted by molar-refractivity contribution is 7.89. The normalized spacial score (nSPS) is 19.0. The van der Waals surface area contributed by atoms with Crippen molar-refractivity contribution in [2.24, 2.45) is 5.73 Å². The average molecular weight is 497 g/mol. The van der Waals surface area contributed by atoms with E-state index in [1.807, 2.05) is 6.07 Å². The molecule has 1 atom stereocenters. The number of hydrogen-bond acceptors (Lipinski definition) is 6. The number of ether oxygens (including phenoxy) is 2. The lowest BCUT2D eigenvalue weighted by atomic mass is 10.2. The second-order valence-corrected chi connectivity index (χ2v) is 9.91. The van der Waals surface area contributed by atoms with Crippen LogP contribution in [0.4, 0.5) is 11.4 Å². The van der Waals surface area contributed by atoms with Crippen LogP contribution in [0.25, 0.3) is 0 Å². The van der Waals surface area contributed by atoms with Crippen LogP contribution >= 0.6 is 23.8 Å². The number of sulfonamides is 1. The van der Waals surface area contributed by atoms with Gasteiger partial charge in [0.15, 0.2) is 11.2 Å². The van der Waals surface area contributed by atoms with Crippen molar-refractivity contribution in [2.75, 3.05) is 43.1 Å². The Kier molecular flexibility index (Phi) is 6.54. The number of fused-ring (bicyclic) bond motifs is 1. The number of benzene rings is 2. The number of morpholine rings is 1. The van der Waals surface area contributed by atoms with E-state index in [0.717, 1.165) is 0 Å². The molecule has 3 N–H and O–H groups in total. The third-order valence-corrected chi connectivity index (χ3v) is 7.67. The highest BCUT2D eigenvalue weighted by Gasteiger charge is 2.32. The fraction of sp³-hybridized carbons (Fsp3) is 0.300. The minimum atomic E-state index is -3.71. The summed E-state index contributed by atoms with van der Waals surface area (Å²) in [5.41, 5.74) is 6.42. The van der Waals surface area contributed by atoms with Gasteiger partial charge < -0.3 is 25.4 Å². The van der Waals surface area contributed by atoms with Crippen LogP contribution in [0.1, 0.15) is 0 Å². The molecule has 2 aromatic rings. The van der Waals surface area contributed by atoms with Crippen LogP contribution in [0, 0.1) is 0 Å². The second kappa shape index (κ2) is 9.20. The molecule has 2 aliphatic heterocycles. The molecule has 1 saturated heterocycles. The minimum Gasteiger partial charge on any atom is -0.477 e. The van der Waals surface area contributed by atoms with Crippen molar-refractivity contribution in [3.05, 3.63) is 47.5 Å². The predicted octanol–water partition coefficient (Wildman–Crippen LogP) is 1.81. The van der Waals surface area contributed by atoms with Crippen LogP contribution in [0.15, 0.2) is 47.4 Å². The van der Waals surface area contributed by atoms with Crippen molar-refractivity contribution in [2.45, 2.75) is 11.0 Å². The van der Waals surface area contributed by atoms with Crippen LogP contribution < -0.4 is 20.7 Å². The molecular weight excluding hydrogens is 476 g/mol. The smallest absolute Gasteiger partial charge is 0.260 e. The molecule has 0 aliphatic carbocycles. The zero-order valence-electron chi connectivity index (χ0n) is 16.9. The summed E-state index contributed by atoms with van der Waals surface area (Å²) >= 11 is 11.9. The van der Waals surface area contributed by atoms with Crippen molar-refractivity contribution >= 4 is 56.2 Å². The summed E-state index contributed by atoms with van der Waals surface area (Å²) in [5, 5.41) is 3.52. The summed E-state index contributed by atoms with van der Waals surface area (Å²) < 4.78 is 38.3. The largest absolute Gasteiger partial charge is 0.477 e. The van der Waals surface area contributed by atoms with Gasteiger partial charge in [-0.1, -0.05) is 23.7 Å². The third kappa shape index (κ3) is 4.52. The number of carbonyl (C=O) groups is 1. The van der Waals surface area contributed by atoms with E-state index in [1.54, 1.807) is 23.1 Å². The van der Waals surface area contributed by atoms with Gasteiger partial charge in [-0.05, 0) is 42.5 Å². The number of nitrogens with zero attached hydrogens (tertiary/aromatic N) is 2. The maximum Gasteiger partial charge on any atom is 0.260 e. The molecule has 2 aromatic carbocycles. The summed E-state index contributed by atoms with van der Waals surface area (Å²) in [6, 6.07) is 11.5. The summed E-state index contributed by atoms with van der Waals surface area (Å²) in [4.78, 5) is 13.5. The van der Waals surface area contributed by atoms with E-state index < -0.39 is 22.0 Å². The lowest BCUT2D eigenvalue weighted by Gasteiger charge is -2.35. The first-order chi connectivity index (χ1) is 15.3. The van der Waals surface area contributed by atoms with Crippen LogP contribution in [0.3, 0.4) is 0 Å². The van der Waals surface area contributed by atoms with Crippen LogP contribution in [0.2, 0.25) is 5.02 Å². The molecule has 12 heteroatoms. The zero-order chi connectivity index (χ0) is 22.9. The highest BCUT2D eigenvalue weighted by atomic mass is 35.5. The van der Waals surface area contributed by atoms with Gasteiger partial charge in [-0.2, -0.15) is 4.31 Å². The number of nitrogens with one attached hydrogen (secondary N) is 1. The minimum absolute atomic E-state index is 0.0893. The number of hydrogen-bond donors (Lipinski definition) is 2. The van der Waals surface area contributed by atoms with Crippen LogP contribution in [-0.4, -0.2) is 62.7 Å². The summed E-state index contributed by atoms with van der Waals surface area (Å²) in [6.45, 7) is 1.36. The molecular formula is C20H21ClN4O5S2. The number of rotatable bonds is 4. The average Bonchev–Trinajstić information content (AvgIpc) is 2.80. The second-order valence-electron chi connectivity index (χ2n) is 7.18. The fourth-order valence-corrected chi connectivity index (χ4v) is 5.34. The van der Waals surface area contributed by atoms with Gasteiger partial charge >= 0.3 is 0 Å². The van der Waals surface area contributed by atoms with Gasteiger partial charge in [0.25, 0.3) is 5.91 Å². The molecule has 0 bridgehead atoms. The van der Waals surface area contributed by atoms with Gasteiger partial charge in [0.1, 0.15) is 5.75 Å². The molecule has 1 unspecified atom stereocenters. The van der Waals surface area contributed by atoms with E-state index >= 15 is 0 Å². The number of anilines is 2. The Bertz CT molecular complexity index is 1150. The molecule has 32 heavy (non-hydrogen) atoms. The maximum atomic E-state index is 13.0. The molecule has 9 nitrogen and oxygen atoms in total. The topological polar surface area (TPSA) is 114 Å². The molecule has 1 amide bonds. The Hall–Kier alpha value is -2.44. The Morgan fingerprint density at radius 3 is 2.62 bits per heavy atom. The van der Waals surface area contributed by atoms with E-state index in [2.05, 4.69) is 5.32 Å². The first-order valence-electron chi connectivity index (χ1n) is 9.78. The van der Waals surface area contributed by atoms with E-state index in [4.69, 9.17) is 39.0 Å². The molecule has 0 spiro atoms. The van der Waals surface area contributed by atoms with Crippen molar-refractivity contribution < 1.29 is 22.7 Å². The predicted molar refractivity (Wildman–Crippen MR) is 125 cm³/mol. The standard InChI is InChI=1S/C20H21ClN4O5S2/c21-14-6-5-13(32(27,28)24-7-9-29-10-8-24)11-15(14)23-20(31)25-12-18(19(22)26)30-17-4-2-1-3-16(17)25/h1-6,11,18H,7-10,12H2,(H2,22,26)(H,23,31). The fourth-order valence-electron chi connectivity index (χ4n) is 3.45. The third-order valence-electron chi connectivity index (χ3n) is 5.12. The molecule has 2 heterocycles. The maximum absolute atomic E-state index is 13.0. The quantitative estimate of drug-likeness (QED) is 0.616. The lowest BCUT2D eigenvalue weighted by molar-refractivity contribution is -0.124. The van der Waals surface area contributed by atoms with Gasteiger partial charge in [-0.25, -0.2) is 8.42 Å². The number of halogens is 1. The molecule has 0 aromatic heterocycles. The van der Waals surface area contributed by atoms with Crippen LogP contribution in [0.5, 0.6) is 5.75 Å². The first kappa shape index (κ1) is 22.7. The Labute approximate surface area is 196 Å². The Morgan fingerprint density at radius 2 is 1.91 bits per heavy atom. The SMILES string of the molecule is NC(=O)C1CN(C(=S)Nc2cc(S(=O)(=O)N3CCOCC3)ccc2Cl)c2ccccc2O1. The number of amides is 1. The number of carbonyl (C=O) groups excluding carboxylic acids is 1. The van der Waals surface area contributed by atoms with Crippen molar-refractivity contribution in [1.29, 1.82) is 0 Å². The van der Waals surface area contributed by atoms with Gasteiger partial charge in [-0.15, -0.1) is 0 Å².